The van der Waals surface area contributed by atoms with Gasteiger partial charge in [0, 0.05) is 36.6 Å². The molecule has 2 aromatic carbocycles. The van der Waals surface area contributed by atoms with Gasteiger partial charge in [-0.15, -0.1) is 0 Å². The minimum atomic E-state index is -4.59. The number of aromatic nitrogens is 2. The van der Waals surface area contributed by atoms with E-state index in [0.717, 1.165) is 33.3 Å². The zero-order valence-electron chi connectivity index (χ0n) is 16.2. The molecule has 0 bridgehead atoms. The molecule has 0 saturated carbocycles. The second-order valence-electron chi connectivity index (χ2n) is 7.16. The van der Waals surface area contributed by atoms with Crippen LogP contribution in [-0.4, -0.2) is 27.7 Å². The lowest BCUT2D eigenvalue weighted by atomic mass is 10.0. The average Bonchev–Trinajstić information content (AvgIpc) is 3.20. The summed E-state index contributed by atoms with van der Waals surface area (Å²) in [5.41, 5.74) is 6.64. The van der Waals surface area contributed by atoms with E-state index >= 15 is 0 Å². The predicted octanol–water partition coefficient (Wildman–Crippen LogP) is 5.06. The van der Waals surface area contributed by atoms with E-state index in [1.165, 1.54) is 17.4 Å². The first-order valence-electron chi connectivity index (χ1n) is 9.48. The molecule has 4 aromatic rings. The van der Waals surface area contributed by atoms with Gasteiger partial charge in [-0.05, 0) is 47.2 Å². The first kappa shape index (κ1) is 21.1. The molecular weight excluding hydrogens is 425 g/mol. The van der Waals surface area contributed by atoms with Crippen LogP contribution in [0.2, 0.25) is 0 Å². The number of hydrogen-bond donors (Lipinski definition) is 3. The van der Waals surface area contributed by atoms with E-state index in [0.29, 0.717) is 23.7 Å². The highest BCUT2D eigenvalue weighted by molar-refractivity contribution is 7.18. The molecule has 0 aliphatic rings. The molecule has 4 N–H and O–H groups in total. The summed E-state index contributed by atoms with van der Waals surface area (Å²) >= 11 is 1.49. The number of fused-ring (bicyclic) bond motifs is 1. The molecule has 0 saturated heterocycles. The summed E-state index contributed by atoms with van der Waals surface area (Å²) in [7, 11) is 0. The van der Waals surface area contributed by atoms with Gasteiger partial charge in [-0.3, -0.25) is 4.98 Å². The van der Waals surface area contributed by atoms with Gasteiger partial charge in [-0.25, -0.2) is 4.98 Å². The van der Waals surface area contributed by atoms with Crippen LogP contribution in [0.1, 0.15) is 11.1 Å². The third-order valence-electron chi connectivity index (χ3n) is 4.81. The number of anilines is 1. The fourth-order valence-corrected chi connectivity index (χ4v) is 4.08. The van der Waals surface area contributed by atoms with Crippen LogP contribution in [-0.2, 0) is 12.6 Å². The summed E-state index contributed by atoms with van der Waals surface area (Å²) in [4.78, 5) is 9.50. The van der Waals surface area contributed by atoms with Gasteiger partial charge >= 0.3 is 6.18 Å². The van der Waals surface area contributed by atoms with Crippen LogP contribution in [0.4, 0.5) is 18.3 Å². The largest absolute Gasteiger partial charge is 0.507 e. The minimum absolute atomic E-state index is 0.315. The maximum absolute atomic E-state index is 12.7. The third-order valence-corrected chi connectivity index (χ3v) is 5.82. The number of phenolic OH excluding ortho intramolecular Hbond substituents is 1. The normalized spacial score (nSPS) is 12.8. The second kappa shape index (κ2) is 8.52. The van der Waals surface area contributed by atoms with Gasteiger partial charge in [0.1, 0.15) is 5.75 Å². The van der Waals surface area contributed by atoms with Crippen molar-refractivity contribution in [3.8, 4) is 16.2 Å². The van der Waals surface area contributed by atoms with Crippen molar-refractivity contribution in [1.29, 1.82) is 0 Å². The average molecular weight is 444 g/mol. The first-order valence-corrected chi connectivity index (χ1v) is 10.3. The Labute approximate surface area is 180 Å². The molecule has 0 spiro atoms. The van der Waals surface area contributed by atoms with Crippen LogP contribution in [0.3, 0.4) is 0 Å². The Kier molecular flexibility index (Phi) is 5.79. The van der Waals surface area contributed by atoms with E-state index in [1.807, 2.05) is 24.4 Å². The van der Waals surface area contributed by atoms with E-state index in [1.54, 1.807) is 12.4 Å². The van der Waals surface area contributed by atoms with Crippen LogP contribution < -0.4 is 11.1 Å². The smallest absolute Gasteiger partial charge is 0.419 e. The Bertz CT molecular complexity index is 1210. The van der Waals surface area contributed by atoms with Gasteiger partial charge in [-0.2, -0.15) is 13.2 Å². The molecule has 0 aliphatic carbocycles. The van der Waals surface area contributed by atoms with Crippen LogP contribution >= 0.6 is 11.3 Å². The molecule has 5 nitrogen and oxygen atoms in total. The summed E-state index contributed by atoms with van der Waals surface area (Å²) < 4.78 is 38.2. The number of thiazole rings is 1. The number of halogens is 3. The number of nitrogens with one attached hydrogen (secondary N) is 1. The first-order chi connectivity index (χ1) is 14.8. The van der Waals surface area contributed by atoms with Crippen LogP contribution in [0.5, 0.6) is 5.75 Å². The van der Waals surface area contributed by atoms with E-state index in [4.69, 9.17) is 5.73 Å². The summed E-state index contributed by atoms with van der Waals surface area (Å²) in [5.74, 6) is -0.791. The monoisotopic (exact) mass is 444 g/mol. The zero-order chi connectivity index (χ0) is 22.0. The molecule has 0 radical (unpaired) electrons. The van der Waals surface area contributed by atoms with Crippen LogP contribution in [0.25, 0.3) is 21.2 Å². The molecule has 0 aliphatic heterocycles. The minimum Gasteiger partial charge on any atom is -0.507 e. The highest BCUT2D eigenvalue weighted by Crippen LogP contribution is 2.36. The molecule has 160 valence electrons. The summed E-state index contributed by atoms with van der Waals surface area (Å²) in [6, 6.07) is 11.0. The van der Waals surface area contributed by atoms with Gasteiger partial charge in [-0.1, -0.05) is 29.5 Å². The number of phenols is 1. The standard InChI is InChI=1S/C22H19F3N4OS/c23-22(24,25)18-4-1-13(8-19(18)30)7-17(26)11-28-21-29-12-20(31-21)15-2-3-16-10-27-6-5-14(16)9-15/h1-6,8-10,12,17,30H,7,11,26H2,(H,28,29)/t17-/m0/s1. The van der Waals surface area contributed by atoms with Crippen molar-refractivity contribution in [3.63, 3.8) is 0 Å². The van der Waals surface area contributed by atoms with Gasteiger partial charge in [0.2, 0.25) is 0 Å². The number of benzene rings is 2. The maximum atomic E-state index is 12.7. The second-order valence-corrected chi connectivity index (χ2v) is 8.19. The topological polar surface area (TPSA) is 84.1 Å². The van der Waals surface area contributed by atoms with Gasteiger partial charge in [0.05, 0.1) is 10.4 Å². The van der Waals surface area contributed by atoms with E-state index in [2.05, 4.69) is 21.4 Å². The van der Waals surface area contributed by atoms with Crippen molar-refractivity contribution in [2.45, 2.75) is 18.6 Å². The van der Waals surface area contributed by atoms with E-state index in [-0.39, 0.29) is 6.04 Å². The van der Waals surface area contributed by atoms with Crippen LogP contribution in [0.15, 0.2) is 61.1 Å². The van der Waals surface area contributed by atoms with Crippen molar-refractivity contribution in [2.75, 3.05) is 11.9 Å². The fraction of sp³-hybridized carbons (Fsp3) is 0.182. The number of nitrogens with two attached hydrogens (primary N) is 1. The molecule has 31 heavy (non-hydrogen) atoms. The Morgan fingerprint density at radius 1 is 1.06 bits per heavy atom. The lowest BCUT2D eigenvalue weighted by Crippen LogP contribution is -2.31. The number of alkyl halides is 3. The molecule has 9 heteroatoms. The summed E-state index contributed by atoms with van der Waals surface area (Å²) in [5, 5.41) is 15.7. The van der Waals surface area contributed by atoms with Crippen molar-refractivity contribution in [3.05, 3.63) is 72.2 Å². The van der Waals surface area contributed by atoms with Crippen LogP contribution in [0, 0.1) is 0 Å². The van der Waals surface area contributed by atoms with Crippen molar-refractivity contribution < 1.29 is 18.3 Å². The number of nitrogens with zero attached hydrogens (tertiary/aromatic N) is 2. The Morgan fingerprint density at radius 2 is 1.90 bits per heavy atom. The van der Waals surface area contributed by atoms with Gasteiger partial charge in [0.15, 0.2) is 5.13 Å². The highest BCUT2D eigenvalue weighted by atomic mass is 32.1. The molecule has 4 rings (SSSR count). The third kappa shape index (κ3) is 4.95. The Balaban J connectivity index is 1.37. The molecule has 0 amide bonds. The SMILES string of the molecule is N[C@H](CNc1ncc(-c2ccc3cnccc3c2)s1)Cc1ccc(C(F)(F)F)c(O)c1. The number of pyridine rings is 1. The molecule has 2 aromatic heterocycles. The molecule has 0 fully saturated rings. The van der Waals surface area contributed by atoms with E-state index < -0.39 is 17.5 Å². The molecule has 2 heterocycles. The summed E-state index contributed by atoms with van der Waals surface area (Å²) in [6.07, 6.45) is 1.08. The quantitative estimate of drug-likeness (QED) is 0.387. The molecular formula is C22H19F3N4OS. The number of rotatable bonds is 6. The molecule has 1 atom stereocenters. The predicted molar refractivity (Wildman–Crippen MR) is 116 cm³/mol. The number of aromatic hydroxyl groups is 1. The van der Waals surface area contributed by atoms with Gasteiger partial charge in [0.25, 0.3) is 0 Å². The maximum Gasteiger partial charge on any atom is 0.419 e. The fourth-order valence-electron chi connectivity index (χ4n) is 3.26. The summed E-state index contributed by atoms with van der Waals surface area (Å²) in [6.45, 7) is 0.387. The van der Waals surface area contributed by atoms with Gasteiger partial charge < -0.3 is 16.2 Å². The van der Waals surface area contributed by atoms with Crippen molar-refractivity contribution in [1.82, 2.24) is 9.97 Å². The zero-order valence-corrected chi connectivity index (χ0v) is 17.0. The molecule has 0 unspecified atom stereocenters. The Morgan fingerprint density at radius 3 is 2.68 bits per heavy atom. The van der Waals surface area contributed by atoms with E-state index in [9.17, 15) is 18.3 Å². The highest BCUT2D eigenvalue weighted by Gasteiger charge is 2.33. The lowest BCUT2D eigenvalue weighted by Gasteiger charge is -2.14. The lowest BCUT2D eigenvalue weighted by molar-refractivity contribution is -0.138. The Hall–Kier alpha value is -3.17. The van der Waals surface area contributed by atoms with Crippen molar-refractivity contribution in [2.24, 2.45) is 5.73 Å². The van der Waals surface area contributed by atoms with Crippen molar-refractivity contribution >= 4 is 27.2 Å². The number of hydrogen-bond acceptors (Lipinski definition) is 6.